The number of aliphatic carboxylic acids is 1. The molecule has 0 aliphatic rings. The molecule has 0 saturated heterocycles. The van der Waals surface area contributed by atoms with Crippen molar-refractivity contribution in [3.8, 4) is 5.75 Å². The van der Waals surface area contributed by atoms with Gasteiger partial charge in [0.1, 0.15) is 5.75 Å². The molecule has 1 rings (SSSR count). The second-order valence-corrected chi connectivity index (χ2v) is 4.39. The van der Waals surface area contributed by atoms with Crippen molar-refractivity contribution in [2.75, 3.05) is 0 Å². The van der Waals surface area contributed by atoms with Crippen LogP contribution in [0.2, 0.25) is 0 Å². The predicted octanol–water partition coefficient (Wildman–Crippen LogP) is 2.82. The third-order valence-electron chi connectivity index (χ3n) is 1.95. The summed E-state index contributed by atoms with van der Waals surface area (Å²) in [4.78, 5) is 10.5. The Morgan fingerprint density at radius 3 is 2.56 bits per heavy atom. The zero-order chi connectivity index (χ0) is 13.9. The van der Waals surface area contributed by atoms with Crippen molar-refractivity contribution >= 4 is 21.9 Å². The molecule has 18 heavy (non-hydrogen) atoms. The predicted molar refractivity (Wildman–Crippen MR) is 60.0 cm³/mol. The Balaban J connectivity index is 2.97. The molecule has 0 heterocycles. The molecular formula is C10H9BrF3NO3. The van der Waals surface area contributed by atoms with Crippen molar-refractivity contribution in [3.63, 3.8) is 0 Å². The number of carbonyl (C=O) groups is 1. The summed E-state index contributed by atoms with van der Waals surface area (Å²) in [5.41, 5.74) is 5.80. The highest BCUT2D eigenvalue weighted by Crippen LogP contribution is 2.29. The largest absolute Gasteiger partial charge is 0.573 e. The number of benzene rings is 1. The van der Waals surface area contributed by atoms with Crippen LogP contribution in [0.15, 0.2) is 22.7 Å². The van der Waals surface area contributed by atoms with Gasteiger partial charge in [0.25, 0.3) is 0 Å². The van der Waals surface area contributed by atoms with Crippen LogP contribution < -0.4 is 10.5 Å². The fraction of sp³-hybridized carbons (Fsp3) is 0.300. The normalized spacial score (nSPS) is 13.2. The molecule has 0 aromatic heterocycles. The molecule has 0 radical (unpaired) electrons. The van der Waals surface area contributed by atoms with Gasteiger partial charge in [-0.15, -0.1) is 13.2 Å². The number of carboxylic acid groups (broad SMARTS) is 1. The summed E-state index contributed by atoms with van der Waals surface area (Å²) in [5, 5.41) is 8.57. The van der Waals surface area contributed by atoms with Crippen LogP contribution in [-0.4, -0.2) is 17.4 Å². The van der Waals surface area contributed by atoms with E-state index in [4.69, 9.17) is 10.8 Å². The van der Waals surface area contributed by atoms with Gasteiger partial charge in [0, 0.05) is 10.5 Å². The quantitative estimate of drug-likeness (QED) is 0.891. The minimum absolute atomic E-state index is 0.242. The number of nitrogens with two attached hydrogens (primary N) is 1. The Hall–Kier alpha value is -1.28. The van der Waals surface area contributed by atoms with E-state index in [1.807, 2.05) is 0 Å². The van der Waals surface area contributed by atoms with Gasteiger partial charge in [0.2, 0.25) is 0 Å². The summed E-state index contributed by atoms with van der Waals surface area (Å²) in [6.45, 7) is 0. The molecule has 100 valence electrons. The summed E-state index contributed by atoms with van der Waals surface area (Å²) in [7, 11) is 0. The van der Waals surface area contributed by atoms with Crippen molar-refractivity contribution in [3.05, 3.63) is 28.2 Å². The van der Waals surface area contributed by atoms with Crippen molar-refractivity contribution in [1.29, 1.82) is 0 Å². The van der Waals surface area contributed by atoms with Crippen LogP contribution in [0.5, 0.6) is 5.75 Å². The lowest BCUT2D eigenvalue weighted by Crippen LogP contribution is -2.18. The molecule has 0 aliphatic heterocycles. The Kier molecular flexibility index (Phi) is 4.58. The molecule has 8 heteroatoms. The number of halogens is 4. The number of alkyl halides is 3. The second kappa shape index (κ2) is 5.57. The maximum Gasteiger partial charge on any atom is 0.573 e. The van der Waals surface area contributed by atoms with Crippen LogP contribution in [0.1, 0.15) is 18.0 Å². The van der Waals surface area contributed by atoms with Gasteiger partial charge in [-0.05, 0) is 23.8 Å². The average molecular weight is 328 g/mol. The molecule has 0 spiro atoms. The smallest absolute Gasteiger partial charge is 0.481 e. The number of hydrogen-bond acceptors (Lipinski definition) is 3. The Morgan fingerprint density at radius 2 is 2.06 bits per heavy atom. The molecule has 4 nitrogen and oxygen atoms in total. The van der Waals surface area contributed by atoms with Crippen LogP contribution in [0, 0.1) is 0 Å². The first kappa shape index (κ1) is 14.8. The number of carboxylic acids is 1. The molecule has 0 saturated carbocycles. The van der Waals surface area contributed by atoms with E-state index in [-0.39, 0.29) is 12.0 Å². The maximum absolute atomic E-state index is 12.1. The lowest BCUT2D eigenvalue weighted by atomic mass is 10.0. The highest BCUT2D eigenvalue weighted by atomic mass is 79.9. The molecule has 0 aliphatic carbocycles. The number of hydrogen-bond donors (Lipinski definition) is 2. The minimum atomic E-state index is -4.81. The third kappa shape index (κ3) is 4.92. The monoisotopic (exact) mass is 327 g/mol. The summed E-state index contributed by atoms with van der Waals surface area (Å²) in [5.74, 6) is -1.59. The molecule has 0 fully saturated rings. The number of rotatable bonds is 4. The van der Waals surface area contributed by atoms with Gasteiger partial charge in [-0.2, -0.15) is 0 Å². The fourth-order valence-corrected chi connectivity index (χ4v) is 1.79. The van der Waals surface area contributed by atoms with Crippen molar-refractivity contribution in [1.82, 2.24) is 0 Å². The first-order valence-electron chi connectivity index (χ1n) is 4.71. The molecule has 1 aromatic carbocycles. The molecule has 1 aromatic rings. The van der Waals surface area contributed by atoms with Gasteiger partial charge in [-0.1, -0.05) is 15.9 Å². The van der Waals surface area contributed by atoms with Crippen LogP contribution in [0.25, 0.3) is 0 Å². The highest BCUT2D eigenvalue weighted by molar-refractivity contribution is 9.10. The zero-order valence-electron chi connectivity index (χ0n) is 8.87. The van der Waals surface area contributed by atoms with Gasteiger partial charge < -0.3 is 15.6 Å². The third-order valence-corrected chi connectivity index (χ3v) is 2.41. The molecule has 1 atom stereocenters. The van der Waals surface area contributed by atoms with Crippen molar-refractivity contribution in [2.45, 2.75) is 18.8 Å². The average Bonchev–Trinajstić information content (AvgIpc) is 2.12. The fourth-order valence-electron chi connectivity index (χ4n) is 1.30. The first-order chi connectivity index (χ1) is 8.17. The number of ether oxygens (including phenoxy) is 1. The van der Waals surface area contributed by atoms with Gasteiger partial charge in [0.15, 0.2) is 0 Å². The second-order valence-electron chi connectivity index (χ2n) is 3.47. The van der Waals surface area contributed by atoms with Crippen molar-refractivity contribution < 1.29 is 27.8 Å². The molecular weight excluding hydrogens is 319 g/mol. The van der Waals surface area contributed by atoms with Crippen LogP contribution in [-0.2, 0) is 4.79 Å². The van der Waals surface area contributed by atoms with Gasteiger partial charge >= 0.3 is 12.3 Å². The van der Waals surface area contributed by atoms with Gasteiger partial charge in [0.05, 0.1) is 6.42 Å². The first-order valence-corrected chi connectivity index (χ1v) is 5.50. The van der Waals surface area contributed by atoms with Crippen LogP contribution in [0.3, 0.4) is 0 Å². The van der Waals surface area contributed by atoms with Crippen LogP contribution in [0.4, 0.5) is 13.2 Å². The molecule has 0 unspecified atom stereocenters. The van der Waals surface area contributed by atoms with E-state index in [1.54, 1.807) is 0 Å². The van der Waals surface area contributed by atoms with E-state index in [0.717, 1.165) is 12.1 Å². The molecule has 0 bridgehead atoms. The maximum atomic E-state index is 12.1. The van der Waals surface area contributed by atoms with E-state index < -0.39 is 24.1 Å². The summed E-state index contributed by atoms with van der Waals surface area (Å²) in [6, 6.07) is 2.71. The minimum Gasteiger partial charge on any atom is -0.481 e. The lowest BCUT2D eigenvalue weighted by Gasteiger charge is -2.14. The molecule has 3 N–H and O–H groups in total. The Bertz CT molecular complexity index is 450. The van der Waals surface area contributed by atoms with Gasteiger partial charge in [-0.3, -0.25) is 4.79 Å². The van der Waals surface area contributed by atoms with Gasteiger partial charge in [-0.25, -0.2) is 0 Å². The molecule has 0 amide bonds. The van der Waals surface area contributed by atoms with E-state index in [0.29, 0.717) is 4.47 Å². The topological polar surface area (TPSA) is 72.6 Å². The summed E-state index contributed by atoms with van der Waals surface area (Å²) >= 11 is 3.00. The zero-order valence-corrected chi connectivity index (χ0v) is 10.5. The Labute approximate surface area is 109 Å². The summed E-state index contributed by atoms with van der Waals surface area (Å²) in [6.07, 6.45) is -5.20. The Morgan fingerprint density at radius 1 is 1.44 bits per heavy atom. The van der Waals surface area contributed by atoms with E-state index in [2.05, 4.69) is 20.7 Å². The van der Waals surface area contributed by atoms with Crippen molar-refractivity contribution in [2.24, 2.45) is 5.73 Å². The van der Waals surface area contributed by atoms with E-state index in [1.165, 1.54) is 6.07 Å². The lowest BCUT2D eigenvalue weighted by molar-refractivity contribution is -0.274. The van der Waals surface area contributed by atoms with E-state index in [9.17, 15) is 18.0 Å². The standard InChI is InChI=1S/C10H9BrF3NO3/c11-6-1-5(8(15)4-9(16)17)2-7(3-6)18-10(12,13)14/h1-3,8H,4,15H2,(H,16,17)/t8-/m0/s1. The van der Waals surface area contributed by atoms with E-state index >= 15 is 0 Å². The summed E-state index contributed by atoms with van der Waals surface area (Å²) < 4.78 is 40.2. The highest BCUT2D eigenvalue weighted by Gasteiger charge is 2.31. The van der Waals surface area contributed by atoms with Crippen LogP contribution >= 0.6 is 15.9 Å². The SMILES string of the molecule is N[C@@H](CC(=O)O)c1cc(Br)cc(OC(F)(F)F)c1.